The van der Waals surface area contributed by atoms with E-state index < -0.39 is 0 Å². The maximum atomic E-state index is 12.8. The first-order valence-corrected chi connectivity index (χ1v) is 8.23. The van der Waals surface area contributed by atoms with Crippen molar-refractivity contribution >= 4 is 5.91 Å². The second-order valence-electron chi connectivity index (χ2n) is 6.74. The zero-order chi connectivity index (χ0) is 15.7. The van der Waals surface area contributed by atoms with Crippen LogP contribution in [-0.2, 0) is 14.9 Å². The van der Waals surface area contributed by atoms with Crippen molar-refractivity contribution in [3.63, 3.8) is 0 Å². The lowest BCUT2D eigenvalue weighted by Gasteiger charge is -2.23. The molecule has 1 saturated heterocycles. The summed E-state index contributed by atoms with van der Waals surface area (Å²) in [6, 6.07) is 8.48. The van der Waals surface area contributed by atoms with Gasteiger partial charge in [-0.05, 0) is 39.3 Å². The molecule has 1 saturated carbocycles. The van der Waals surface area contributed by atoms with Crippen molar-refractivity contribution in [2.24, 2.45) is 0 Å². The molecule has 2 fully saturated rings. The molecule has 0 bridgehead atoms. The molecule has 1 aliphatic heterocycles. The normalized spacial score (nSPS) is 26.9. The lowest BCUT2D eigenvalue weighted by atomic mass is 9.93. The second-order valence-corrected chi connectivity index (χ2v) is 6.74. The average molecular weight is 302 g/mol. The van der Waals surface area contributed by atoms with Gasteiger partial charge in [0.1, 0.15) is 0 Å². The Morgan fingerprint density at radius 3 is 2.59 bits per heavy atom. The Kier molecular flexibility index (Phi) is 4.24. The van der Waals surface area contributed by atoms with Crippen molar-refractivity contribution in [3.05, 3.63) is 35.4 Å². The zero-order valence-electron chi connectivity index (χ0n) is 13.8. The monoisotopic (exact) mass is 302 g/mol. The standard InChI is InChI=1S/C18H26N2O2/c1-4-22-16-12-20(3)11-15(16)19-17(21)18(9-10-18)14-7-5-13(2)6-8-14/h5-8,15-16H,4,9-12H2,1-3H3,(H,19,21)/t15-,16-/m1/s1. The van der Waals surface area contributed by atoms with E-state index in [1.165, 1.54) is 5.56 Å². The predicted molar refractivity (Wildman–Crippen MR) is 86.9 cm³/mol. The number of ether oxygens (including phenoxy) is 1. The number of carbonyl (C=O) groups excluding carboxylic acids is 1. The first-order chi connectivity index (χ1) is 10.5. The number of amides is 1. The van der Waals surface area contributed by atoms with Gasteiger partial charge in [0.2, 0.25) is 5.91 Å². The van der Waals surface area contributed by atoms with Crippen molar-refractivity contribution < 1.29 is 9.53 Å². The van der Waals surface area contributed by atoms with Crippen molar-refractivity contribution in [2.45, 2.75) is 44.2 Å². The van der Waals surface area contributed by atoms with E-state index in [9.17, 15) is 4.79 Å². The third kappa shape index (κ3) is 2.90. The van der Waals surface area contributed by atoms with Crippen LogP contribution in [0, 0.1) is 6.92 Å². The molecule has 0 spiro atoms. The third-order valence-electron chi connectivity index (χ3n) is 4.93. The van der Waals surface area contributed by atoms with Gasteiger partial charge < -0.3 is 15.0 Å². The fraction of sp³-hybridized carbons (Fsp3) is 0.611. The zero-order valence-corrected chi connectivity index (χ0v) is 13.8. The minimum absolute atomic E-state index is 0.0976. The summed E-state index contributed by atoms with van der Waals surface area (Å²) in [5.74, 6) is 0.168. The number of likely N-dealkylation sites (N-methyl/N-ethyl adjacent to an activating group) is 1. The minimum atomic E-state index is -0.300. The number of benzene rings is 1. The van der Waals surface area contributed by atoms with Crippen molar-refractivity contribution in [1.29, 1.82) is 0 Å². The first-order valence-electron chi connectivity index (χ1n) is 8.23. The summed E-state index contributed by atoms with van der Waals surface area (Å²) in [6.45, 7) is 6.51. The number of aryl methyl sites for hydroxylation is 1. The number of likely N-dealkylation sites (tertiary alicyclic amines) is 1. The molecule has 1 aromatic rings. The van der Waals surface area contributed by atoms with Crippen LogP contribution < -0.4 is 5.32 Å². The fourth-order valence-electron chi connectivity index (χ4n) is 3.43. The SMILES string of the molecule is CCO[C@@H]1CN(C)C[C@H]1NC(=O)C1(c2ccc(C)cc2)CC1. The van der Waals surface area contributed by atoms with Gasteiger partial charge in [-0.3, -0.25) is 4.79 Å². The van der Waals surface area contributed by atoms with Gasteiger partial charge >= 0.3 is 0 Å². The summed E-state index contributed by atoms with van der Waals surface area (Å²) in [5, 5.41) is 3.25. The minimum Gasteiger partial charge on any atom is -0.375 e. The molecule has 0 unspecified atom stereocenters. The third-order valence-corrected chi connectivity index (χ3v) is 4.93. The number of hydrogen-bond donors (Lipinski definition) is 1. The lowest BCUT2D eigenvalue weighted by Crippen LogP contribution is -2.47. The van der Waals surface area contributed by atoms with Gasteiger partial charge in [0, 0.05) is 19.7 Å². The number of carbonyl (C=O) groups is 1. The van der Waals surface area contributed by atoms with Crippen molar-refractivity contribution in [1.82, 2.24) is 10.2 Å². The second kappa shape index (κ2) is 6.01. The van der Waals surface area contributed by atoms with Gasteiger partial charge in [0.15, 0.2) is 0 Å². The predicted octanol–water partition coefficient (Wildman–Crippen LogP) is 1.86. The molecule has 0 aromatic heterocycles. The van der Waals surface area contributed by atoms with E-state index in [1.54, 1.807) is 0 Å². The number of nitrogens with one attached hydrogen (secondary N) is 1. The molecule has 1 amide bonds. The highest BCUT2D eigenvalue weighted by Crippen LogP contribution is 2.48. The van der Waals surface area contributed by atoms with Gasteiger partial charge in [0.25, 0.3) is 0 Å². The Morgan fingerprint density at radius 1 is 1.32 bits per heavy atom. The molecule has 4 nitrogen and oxygen atoms in total. The molecule has 1 heterocycles. The van der Waals surface area contributed by atoms with Crippen LogP contribution in [0.1, 0.15) is 30.9 Å². The van der Waals surface area contributed by atoms with Crippen molar-refractivity contribution in [2.75, 3.05) is 26.7 Å². The molecule has 1 aliphatic carbocycles. The van der Waals surface area contributed by atoms with Gasteiger partial charge in [-0.2, -0.15) is 0 Å². The molecule has 3 rings (SSSR count). The molecular formula is C18H26N2O2. The maximum Gasteiger partial charge on any atom is 0.231 e. The van der Waals surface area contributed by atoms with Crippen LogP contribution >= 0.6 is 0 Å². The van der Waals surface area contributed by atoms with Gasteiger partial charge in [0.05, 0.1) is 17.6 Å². The van der Waals surface area contributed by atoms with Crippen LogP contribution in [-0.4, -0.2) is 49.7 Å². The summed E-state index contributed by atoms with van der Waals surface area (Å²) in [7, 11) is 2.07. The molecular weight excluding hydrogens is 276 g/mol. The summed E-state index contributed by atoms with van der Waals surface area (Å²) in [5.41, 5.74) is 2.08. The Hall–Kier alpha value is -1.39. The topological polar surface area (TPSA) is 41.6 Å². The fourth-order valence-corrected chi connectivity index (χ4v) is 3.43. The van der Waals surface area contributed by atoms with Gasteiger partial charge in [-0.15, -0.1) is 0 Å². The molecule has 22 heavy (non-hydrogen) atoms. The highest BCUT2D eigenvalue weighted by atomic mass is 16.5. The molecule has 2 aliphatic rings. The van der Waals surface area contributed by atoms with Gasteiger partial charge in [-0.25, -0.2) is 0 Å². The highest BCUT2D eigenvalue weighted by molar-refractivity contribution is 5.91. The van der Waals surface area contributed by atoms with Crippen LogP contribution in [0.15, 0.2) is 24.3 Å². The van der Waals surface area contributed by atoms with E-state index in [4.69, 9.17) is 4.74 Å². The van der Waals surface area contributed by atoms with E-state index in [-0.39, 0.29) is 23.5 Å². The number of nitrogens with zero attached hydrogens (tertiary/aromatic N) is 1. The Morgan fingerprint density at radius 2 is 2.00 bits per heavy atom. The van der Waals surface area contributed by atoms with Crippen LogP contribution in [0.5, 0.6) is 0 Å². The van der Waals surface area contributed by atoms with Crippen LogP contribution in [0.2, 0.25) is 0 Å². The molecule has 120 valence electrons. The number of rotatable bonds is 5. The van der Waals surface area contributed by atoms with Crippen LogP contribution in [0.4, 0.5) is 0 Å². The maximum absolute atomic E-state index is 12.8. The van der Waals surface area contributed by atoms with Crippen LogP contribution in [0.3, 0.4) is 0 Å². The molecule has 1 aromatic carbocycles. The van der Waals surface area contributed by atoms with Crippen molar-refractivity contribution in [3.8, 4) is 0 Å². The summed E-state index contributed by atoms with van der Waals surface area (Å²) in [4.78, 5) is 15.1. The Labute approximate surface area is 132 Å². The van der Waals surface area contributed by atoms with Gasteiger partial charge in [-0.1, -0.05) is 29.8 Å². The van der Waals surface area contributed by atoms with E-state index in [2.05, 4.69) is 48.5 Å². The number of hydrogen-bond acceptors (Lipinski definition) is 3. The summed E-state index contributed by atoms with van der Waals surface area (Å²) >= 11 is 0. The summed E-state index contributed by atoms with van der Waals surface area (Å²) in [6.07, 6.45) is 2.00. The van der Waals surface area contributed by atoms with Crippen LogP contribution in [0.25, 0.3) is 0 Å². The molecule has 0 radical (unpaired) electrons. The van der Waals surface area contributed by atoms with E-state index in [0.717, 1.165) is 31.5 Å². The molecule has 2 atom stereocenters. The average Bonchev–Trinajstić information content (AvgIpc) is 3.22. The Bertz CT molecular complexity index is 537. The first kappa shape index (κ1) is 15.5. The highest BCUT2D eigenvalue weighted by Gasteiger charge is 2.52. The largest absolute Gasteiger partial charge is 0.375 e. The van der Waals surface area contributed by atoms with E-state index in [0.29, 0.717) is 6.61 Å². The Balaban J connectivity index is 1.70. The van der Waals surface area contributed by atoms with E-state index in [1.807, 2.05) is 6.92 Å². The summed E-state index contributed by atoms with van der Waals surface area (Å²) < 4.78 is 5.78. The lowest BCUT2D eigenvalue weighted by molar-refractivity contribution is -0.125. The quantitative estimate of drug-likeness (QED) is 0.903. The van der Waals surface area contributed by atoms with E-state index >= 15 is 0 Å². The smallest absolute Gasteiger partial charge is 0.231 e. The molecule has 4 heteroatoms. The molecule has 1 N–H and O–H groups in total.